The molecule has 1 aromatic carbocycles. The van der Waals surface area contributed by atoms with Gasteiger partial charge in [0.25, 0.3) is 0 Å². The van der Waals surface area contributed by atoms with Crippen LogP contribution in [0.3, 0.4) is 0 Å². The summed E-state index contributed by atoms with van der Waals surface area (Å²) in [7, 11) is 1.94. The van der Waals surface area contributed by atoms with Crippen molar-refractivity contribution in [2.75, 3.05) is 13.6 Å². The summed E-state index contributed by atoms with van der Waals surface area (Å²) in [5.41, 5.74) is 2.00. The summed E-state index contributed by atoms with van der Waals surface area (Å²) >= 11 is 1.75. The van der Waals surface area contributed by atoms with Crippen LogP contribution in [0.4, 0.5) is 4.39 Å². The highest BCUT2D eigenvalue weighted by Crippen LogP contribution is 2.41. The zero-order valence-electron chi connectivity index (χ0n) is 13.3. The summed E-state index contributed by atoms with van der Waals surface area (Å²) in [6.07, 6.45) is 1.61. The zero-order chi connectivity index (χ0) is 16.4. The number of rotatable bonds is 5. The third kappa shape index (κ3) is 2.92. The molecule has 0 radical (unpaired) electrons. The van der Waals surface area contributed by atoms with Crippen molar-refractivity contribution < 1.29 is 4.39 Å². The Labute approximate surface area is 139 Å². The minimum atomic E-state index is -0.333. The van der Waals surface area contributed by atoms with Crippen molar-refractivity contribution in [1.29, 1.82) is 0 Å². The van der Waals surface area contributed by atoms with E-state index >= 15 is 0 Å². The second-order valence-corrected chi connectivity index (χ2v) is 6.69. The van der Waals surface area contributed by atoms with Crippen LogP contribution < -0.4 is 5.32 Å². The van der Waals surface area contributed by atoms with E-state index in [-0.39, 0.29) is 5.82 Å². The lowest BCUT2D eigenvalue weighted by Gasteiger charge is -2.14. The molecule has 3 rings (SSSR count). The molecule has 23 heavy (non-hydrogen) atoms. The second-order valence-electron chi connectivity index (χ2n) is 5.61. The van der Waals surface area contributed by atoms with Gasteiger partial charge in [0.1, 0.15) is 11.5 Å². The molecule has 0 aliphatic carbocycles. The number of pyridine rings is 1. The van der Waals surface area contributed by atoms with Crippen molar-refractivity contribution in [1.82, 2.24) is 10.3 Å². The minimum absolute atomic E-state index is 0.316. The van der Waals surface area contributed by atoms with E-state index in [1.54, 1.807) is 23.6 Å². The quantitative estimate of drug-likeness (QED) is 0.727. The second kappa shape index (κ2) is 6.60. The van der Waals surface area contributed by atoms with Gasteiger partial charge in [-0.1, -0.05) is 31.7 Å². The average molecular weight is 326 g/mol. The number of nitrogens with zero attached hydrogens (tertiary/aromatic N) is 1. The number of hydrogen-bond acceptors (Lipinski definition) is 3. The van der Waals surface area contributed by atoms with E-state index in [1.807, 2.05) is 19.2 Å². The highest BCUT2D eigenvalue weighted by atomic mass is 32.1. The molecule has 0 saturated heterocycles. The molecule has 1 N–H and O–H groups in total. The highest BCUT2D eigenvalue weighted by Gasteiger charge is 2.21. The molecule has 0 amide bonds. The molecule has 0 spiro atoms. The van der Waals surface area contributed by atoms with E-state index in [0.717, 1.165) is 17.5 Å². The van der Waals surface area contributed by atoms with Crippen LogP contribution in [-0.2, 0) is 0 Å². The van der Waals surface area contributed by atoms with Gasteiger partial charge < -0.3 is 5.32 Å². The molecule has 0 saturated carbocycles. The van der Waals surface area contributed by atoms with Crippen molar-refractivity contribution in [3.8, 4) is 0 Å². The lowest BCUT2D eigenvalue weighted by atomic mass is 9.95. The summed E-state index contributed by atoms with van der Waals surface area (Å²) < 4.78 is 15.4. The first-order chi connectivity index (χ1) is 11.1. The Kier molecular flexibility index (Phi) is 4.55. The molecule has 3 aromatic rings. The lowest BCUT2D eigenvalue weighted by molar-refractivity contribution is 0.617. The molecule has 0 aliphatic rings. The molecular weight excluding hydrogens is 307 g/mol. The summed E-state index contributed by atoms with van der Waals surface area (Å²) in [4.78, 5) is 5.42. The summed E-state index contributed by atoms with van der Waals surface area (Å²) in [6.45, 7) is 7.20. The van der Waals surface area contributed by atoms with Crippen molar-refractivity contribution in [2.45, 2.75) is 12.8 Å². The van der Waals surface area contributed by atoms with Crippen LogP contribution in [0.15, 0.2) is 49.2 Å². The predicted octanol–water partition coefficient (Wildman–Crippen LogP) is 4.82. The van der Waals surface area contributed by atoms with Crippen LogP contribution in [0.2, 0.25) is 0 Å². The number of halogens is 1. The maximum Gasteiger partial charge on any atom is 0.149 e. The first-order valence-electron chi connectivity index (χ1n) is 7.59. The topological polar surface area (TPSA) is 24.9 Å². The van der Waals surface area contributed by atoms with Crippen LogP contribution in [0.5, 0.6) is 0 Å². The van der Waals surface area contributed by atoms with Crippen LogP contribution in [0.25, 0.3) is 15.7 Å². The first kappa shape index (κ1) is 15.8. The summed E-state index contributed by atoms with van der Waals surface area (Å²) in [5, 5.41) is 4.33. The molecule has 4 heteroatoms. The Hall–Kier alpha value is -2.04. The van der Waals surface area contributed by atoms with Gasteiger partial charge in [-0.25, -0.2) is 4.39 Å². The van der Waals surface area contributed by atoms with E-state index in [0.29, 0.717) is 17.2 Å². The molecule has 2 aromatic heterocycles. The van der Waals surface area contributed by atoms with E-state index in [1.165, 1.54) is 15.6 Å². The maximum atomic E-state index is 14.2. The SMILES string of the molecule is C=C(c1ncccc1F)c1c(C(C)CNC)sc2ccccc12. The van der Waals surface area contributed by atoms with Gasteiger partial charge in [-0.3, -0.25) is 4.98 Å². The molecule has 118 valence electrons. The number of hydrogen-bond donors (Lipinski definition) is 1. The lowest BCUT2D eigenvalue weighted by Crippen LogP contribution is -2.14. The van der Waals surface area contributed by atoms with Gasteiger partial charge in [0.2, 0.25) is 0 Å². The molecule has 0 aliphatic heterocycles. The number of benzene rings is 1. The van der Waals surface area contributed by atoms with Gasteiger partial charge in [-0.05, 0) is 25.2 Å². The number of nitrogens with one attached hydrogen (secondary N) is 1. The van der Waals surface area contributed by atoms with Gasteiger partial charge in [0, 0.05) is 44.8 Å². The number of thiophene rings is 1. The minimum Gasteiger partial charge on any atom is -0.319 e. The third-order valence-corrected chi connectivity index (χ3v) is 5.33. The van der Waals surface area contributed by atoms with Gasteiger partial charge in [-0.2, -0.15) is 0 Å². The van der Waals surface area contributed by atoms with E-state index in [4.69, 9.17) is 0 Å². The average Bonchev–Trinajstić information content (AvgIpc) is 2.94. The van der Waals surface area contributed by atoms with Gasteiger partial charge in [0.15, 0.2) is 0 Å². The normalized spacial score (nSPS) is 12.5. The van der Waals surface area contributed by atoms with E-state index < -0.39 is 0 Å². The molecule has 0 fully saturated rings. The monoisotopic (exact) mass is 326 g/mol. The number of likely N-dealkylation sites (N-methyl/N-ethyl adjacent to an activating group) is 1. The fourth-order valence-electron chi connectivity index (χ4n) is 2.85. The van der Waals surface area contributed by atoms with Crippen molar-refractivity contribution >= 4 is 27.0 Å². The largest absolute Gasteiger partial charge is 0.319 e. The van der Waals surface area contributed by atoms with Gasteiger partial charge in [-0.15, -0.1) is 11.3 Å². The number of aromatic nitrogens is 1. The Balaban J connectivity index is 2.20. The highest BCUT2D eigenvalue weighted by molar-refractivity contribution is 7.19. The maximum absolute atomic E-state index is 14.2. The van der Waals surface area contributed by atoms with Crippen LogP contribution >= 0.6 is 11.3 Å². The smallest absolute Gasteiger partial charge is 0.149 e. The van der Waals surface area contributed by atoms with Crippen molar-refractivity contribution in [3.05, 3.63) is 71.1 Å². The fourth-order valence-corrected chi connectivity index (χ4v) is 4.13. The summed E-state index contributed by atoms with van der Waals surface area (Å²) in [5.74, 6) is -0.0177. The van der Waals surface area contributed by atoms with Crippen LogP contribution in [0, 0.1) is 5.82 Å². The number of fused-ring (bicyclic) bond motifs is 1. The molecule has 0 bridgehead atoms. The van der Waals surface area contributed by atoms with Gasteiger partial charge in [0.05, 0.1) is 0 Å². The van der Waals surface area contributed by atoms with E-state index in [9.17, 15) is 4.39 Å². The predicted molar refractivity (Wildman–Crippen MR) is 96.5 cm³/mol. The molecule has 1 unspecified atom stereocenters. The Morgan fingerprint density at radius 1 is 1.30 bits per heavy atom. The fraction of sp³-hybridized carbons (Fsp3) is 0.211. The zero-order valence-corrected chi connectivity index (χ0v) is 14.1. The first-order valence-corrected chi connectivity index (χ1v) is 8.41. The standard InChI is InChI=1S/C19H19FN2S/c1-12(11-21-3)19-17(14-7-4-5-9-16(14)23-19)13(2)18-15(20)8-6-10-22-18/h4-10,12,21H,2,11H2,1,3H3. The Morgan fingerprint density at radius 2 is 2.09 bits per heavy atom. The van der Waals surface area contributed by atoms with Crippen LogP contribution in [-0.4, -0.2) is 18.6 Å². The Bertz CT molecular complexity index is 853. The van der Waals surface area contributed by atoms with E-state index in [2.05, 4.69) is 35.9 Å². The Morgan fingerprint density at radius 3 is 2.83 bits per heavy atom. The summed E-state index contributed by atoms with van der Waals surface area (Å²) in [6, 6.07) is 11.2. The molecular formula is C19H19FN2S. The van der Waals surface area contributed by atoms with Gasteiger partial charge >= 0.3 is 0 Å². The molecule has 2 heterocycles. The molecule has 2 nitrogen and oxygen atoms in total. The van der Waals surface area contributed by atoms with Crippen molar-refractivity contribution in [3.63, 3.8) is 0 Å². The van der Waals surface area contributed by atoms with Crippen LogP contribution in [0.1, 0.15) is 29.0 Å². The molecule has 1 atom stereocenters. The third-order valence-electron chi connectivity index (χ3n) is 3.93. The van der Waals surface area contributed by atoms with Crippen molar-refractivity contribution in [2.24, 2.45) is 0 Å².